The van der Waals surface area contributed by atoms with Gasteiger partial charge in [0, 0.05) is 5.92 Å². The zero-order valence-electron chi connectivity index (χ0n) is 11.0. The summed E-state index contributed by atoms with van der Waals surface area (Å²) in [4.78, 5) is 11.3. The van der Waals surface area contributed by atoms with Gasteiger partial charge >= 0.3 is 0 Å². The highest BCUT2D eigenvalue weighted by Crippen LogP contribution is 2.24. The van der Waals surface area contributed by atoms with Gasteiger partial charge in [-0.2, -0.15) is 0 Å². The van der Waals surface area contributed by atoms with E-state index < -0.39 is 15.3 Å². The Hall–Kier alpha value is -0.420. The Morgan fingerprint density at radius 1 is 1.19 bits per heavy atom. The molecule has 0 aromatic carbocycles. The van der Waals surface area contributed by atoms with E-state index in [2.05, 4.69) is 4.72 Å². The molecule has 0 fully saturated rings. The van der Waals surface area contributed by atoms with Crippen LogP contribution in [0.2, 0.25) is 0 Å². The Kier molecular flexibility index (Phi) is 5.14. The molecule has 16 heavy (non-hydrogen) atoms. The maximum atomic E-state index is 11.8. The van der Waals surface area contributed by atoms with Crippen LogP contribution in [0.15, 0.2) is 0 Å². The summed E-state index contributed by atoms with van der Waals surface area (Å²) in [6, 6.07) is 0. The summed E-state index contributed by atoms with van der Waals surface area (Å²) < 4.78 is 26.1. The fourth-order valence-electron chi connectivity index (χ4n) is 0.966. The number of ketones is 1. The molecule has 5 heteroatoms. The molecule has 1 atom stereocenters. The van der Waals surface area contributed by atoms with Crippen LogP contribution in [0.3, 0.4) is 0 Å². The van der Waals surface area contributed by atoms with Gasteiger partial charge in [0.2, 0.25) is 10.0 Å². The third kappa shape index (κ3) is 4.61. The van der Waals surface area contributed by atoms with E-state index in [0.717, 1.165) is 0 Å². The van der Waals surface area contributed by atoms with E-state index in [9.17, 15) is 13.2 Å². The minimum atomic E-state index is -3.42. The van der Waals surface area contributed by atoms with E-state index in [4.69, 9.17) is 0 Å². The monoisotopic (exact) mass is 249 g/mol. The van der Waals surface area contributed by atoms with Crippen LogP contribution in [0.1, 0.15) is 41.5 Å². The lowest BCUT2D eigenvalue weighted by molar-refractivity contribution is -0.120. The van der Waals surface area contributed by atoms with Crippen molar-refractivity contribution >= 4 is 15.8 Å². The summed E-state index contributed by atoms with van der Waals surface area (Å²) >= 11 is 0. The topological polar surface area (TPSA) is 63.2 Å². The maximum absolute atomic E-state index is 11.8. The van der Waals surface area contributed by atoms with Gasteiger partial charge in [-0.1, -0.05) is 34.6 Å². The summed E-state index contributed by atoms with van der Waals surface area (Å²) in [6.07, 6.45) is 0. The number of hydrogen-bond acceptors (Lipinski definition) is 3. The first kappa shape index (κ1) is 15.6. The number of carbonyl (C=O) groups excluding carboxylic acids is 1. The molecule has 0 aliphatic rings. The van der Waals surface area contributed by atoms with E-state index in [1.807, 2.05) is 20.8 Å². The number of carbonyl (C=O) groups is 1. The normalized spacial score (nSPS) is 15.2. The Morgan fingerprint density at radius 3 is 1.94 bits per heavy atom. The molecular weight excluding hydrogens is 226 g/mol. The molecule has 0 aliphatic carbocycles. The molecule has 0 aromatic rings. The van der Waals surface area contributed by atoms with Crippen molar-refractivity contribution in [2.45, 2.75) is 46.8 Å². The van der Waals surface area contributed by atoms with Crippen molar-refractivity contribution in [3.63, 3.8) is 0 Å². The molecule has 1 unspecified atom stereocenters. The quantitative estimate of drug-likeness (QED) is 0.804. The first-order chi connectivity index (χ1) is 6.98. The minimum Gasteiger partial charge on any atom is -0.298 e. The van der Waals surface area contributed by atoms with Gasteiger partial charge in [0.15, 0.2) is 0 Å². The van der Waals surface area contributed by atoms with Gasteiger partial charge in [0.25, 0.3) is 0 Å². The largest absolute Gasteiger partial charge is 0.298 e. The Bertz CT molecular complexity index is 339. The number of rotatable bonds is 5. The fraction of sp³-hybridized carbons (Fsp3) is 0.909. The van der Waals surface area contributed by atoms with Gasteiger partial charge in [0.05, 0.1) is 11.8 Å². The Morgan fingerprint density at radius 2 is 1.62 bits per heavy atom. The van der Waals surface area contributed by atoms with Crippen LogP contribution in [-0.2, 0) is 14.8 Å². The SMILES string of the molecule is CC(C)C(=O)CNS(=O)(=O)C(C)C(C)(C)C. The molecule has 1 N–H and O–H groups in total. The summed E-state index contributed by atoms with van der Waals surface area (Å²) in [7, 11) is -3.42. The molecular formula is C11H23NO3S. The summed E-state index contributed by atoms with van der Waals surface area (Å²) in [6.45, 7) is 10.6. The van der Waals surface area contributed by atoms with E-state index in [1.165, 1.54) is 0 Å². The van der Waals surface area contributed by atoms with E-state index in [1.54, 1.807) is 20.8 Å². The lowest BCUT2D eigenvalue weighted by Crippen LogP contribution is -2.42. The van der Waals surface area contributed by atoms with Crippen LogP contribution < -0.4 is 4.72 Å². The van der Waals surface area contributed by atoms with Gasteiger partial charge in [-0.3, -0.25) is 4.79 Å². The second-order valence-corrected chi connectivity index (χ2v) is 7.58. The van der Waals surface area contributed by atoms with Crippen molar-refractivity contribution in [3.05, 3.63) is 0 Å². The number of sulfonamides is 1. The van der Waals surface area contributed by atoms with Crippen LogP contribution in [0.5, 0.6) is 0 Å². The predicted octanol–water partition coefficient (Wildman–Crippen LogP) is 1.57. The highest BCUT2D eigenvalue weighted by atomic mass is 32.2. The van der Waals surface area contributed by atoms with E-state index >= 15 is 0 Å². The predicted molar refractivity (Wildman–Crippen MR) is 65.7 cm³/mol. The fourth-order valence-corrected chi connectivity index (χ4v) is 2.49. The molecule has 0 rings (SSSR count). The molecule has 0 spiro atoms. The maximum Gasteiger partial charge on any atom is 0.215 e. The standard InChI is InChI=1S/C11H23NO3S/c1-8(2)10(13)7-12-16(14,15)9(3)11(4,5)6/h8-9,12H,7H2,1-6H3. The van der Waals surface area contributed by atoms with Crippen molar-refractivity contribution < 1.29 is 13.2 Å². The van der Waals surface area contributed by atoms with E-state index in [-0.39, 0.29) is 23.7 Å². The molecule has 0 bridgehead atoms. The van der Waals surface area contributed by atoms with Crippen molar-refractivity contribution in [1.29, 1.82) is 0 Å². The highest BCUT2D eigenvalue weighted by molar-refractivity contribution is 7.90. The molecule has 0 aromatic heterocycles. The smallest absolute Gasteiger partial charge is 0.215 e. The molecule has 96 valence electrons. The van der Waals surface area contributed by atoms with Crippen LogP contribution >= 0.6 is 0 Å². The van der Waals surface area contributed by atoms with Crippen molar-refractivity contribution in [3.8, 4) is 0 Å². The van der Waals surface area contributed by atoms with Crippen LogP contribution in [0, 0.1) is 11.3 Å². The van der Waals surface area contributed by atoms with Gasteiger partial charge in [-0.25, -0.2) is 13.1 Å². The van der Waals surface area contributed by atoms with Gasteiger partial charge < -0.3 is 0 Å². The zero-order chi connectivity index (χ0) is 13.1. The Balaban J connectivity index is 4.55. The molecule has 0 amide bonds. The van der Waals surface area contributed by atoms with Crippen molar-refractivity contribution in [1.82, 2.24) is 4.72 Å². The molecule has 0 saturated heterocycles. The van der Waals surface area contributed by atoms with Gasteiger partial charge in [-0.05, 0) is 12.3 Å². The lowest BCUT2D eigenvalue weighted by Gasteiger charge is -2.27. The lowest BCUT2D eigenvalue weighted by atomic mass is 9.93. The zero-order valence-corrected chi connectivity index (χ0v) is 11.8. The number of hydrogen-bond donors (Lipinski definition) is 1. The molecule has 0 heterocycles. The minimum absolute atomic E-state index is 0.0929. The van der Waals surface area contributed by atoms with Crippen LogP contribution in [0.4, 0.5) is 0 Å². The second-order valence-electron chi connectivity index (χ2n) is 5.50. The van der Waals surface area contributed by atoms with Crippen molar-refractivity contribution in [2.75, 3.05) is 6.54 Å². The van der Waals surface area contributed by atoms with Crippen molar-refractivity contribution in [2.24, 2.45) is 11.3 Å². The molecule has 0 saturated carbocycles. The molecule has 0 radical (unpaired) electrons. The Labute approximate surface area is 98.9 Å². The van der Waals surface area contributed by atoms with Gasteiger partial charge in [-0.15, -0.1) is 0 Å². The van der Waals surface area contributed by atoms with Gasteiger partial charge in [0.1, 0.15) is 5.78 Å². The third-order valence-corrected chi connectivity index (χ3v) is 4.96. The first-order valence-corrected chi connectivity index (χ1v) is 7.04. The summed E-state index contributed by atoms with van der Waals surface area (Å²) in [5.74, 6) is -0.239. The second kappa shape index (κ2) is 5.27. The highest BCUT2D eigenvalue weighted by Gasteiger charge is 2.32. The number of Topliss-reactive ketones (excluding diaryl/α,β-unsaturated/α-hetero) is 1. The summed E-state index contributed by atoms with van der Waals surface area (Å²) in [5, 5.41) is -0.528. The first-order valence-electron chi connectivity index (χ1n) is 5.49. The van der Waals surface area contributed by atoms with Crippen LogP contribution in [-0.4, -0.2) is 26.0 Å². The average molecular weight is 249 g/mol. The summed E-state index contributed by atoms with van der Waals surface area (Å²) in [5.41, 5.74) is -0.341. The molecule has 0 aliphatic heterocycles. The van der Waals surface area contributed by atoms with E-state index in [0.29, 0.717) is 0 Å². The average Bonchev–Trinajstić information content (AvgIpc) is 2.11. The molecule has 4 nitrogen and oxygen atoms in total. The third-order valence-electron chi connectivity index (χ3n) is 2.78. The van der Waals surface area contributed by atoms with Crippen LogP contribution in [0.25, 0.3) is 0 Å². The number of nitrogens with one attached hydrogen (secondary N) is 1.